The SMILES string of the molecule is c1ccc(-c2ccccc2-c2c(-c3ccccc3)cccc2N(c2ccc(-c3cccc4c3sc3ccccc34)cc2)c2ccc3c(c2)Cc2ccccc2-c2ccccc2Cc2ccccc2-3)cc1. The zero-order valence-electron chi connectivity index (χ0n) is 38.6. The lowest BCUT2D eigenvalue weighted by atomic mass is 9.83. The molecule has 0 radical (unpaired) electrons. The molecular formula is C68H47NS. The third-order valence-electron chi connectivity index (χ3n) is 14.2. The molecule has 1 nitrogen and oxygen atoms in total. The van der Waals surface area contributed by atoms with Crippen molar-refractivity contribution in [3.05, 3.63) is 283 Å². The van der Waals surface area contributed by atoms with Crippen LogP contribution in [0.1, 0.15) is 22.3 Å². The molecule has 0 bridgehead atoms. The van der Waals surface area contributed by atoms with Crippen molar-refractivity contribution in [3.8, 4) is 66.8 Å². The fraction of sp³-hybridized carbons (Fsp3) is 0.0294. The van der Waals surface area contributed by atoms with Crippen molar-refractivity contribution in [1.29, 1.82) is 0 Å². The molecule has 0 N–H and O–H groups in total. The van der Waals surface area contributed by atoms with E-state index in [4.69, 9.17) is 0 Å². The maximum absolute atomic E-state index is 2.51. The van der Waals surface area contributed by atoms with Crippen molar-refractivity contribution in [2.24, 2.45) is 0 Å². The second-order valence-electron chi connectivity index (χ2n) is 18.3. The van der Waals surface area contributed by atoms with E-state index < -0.39 is 0 Å². The highest BCUT2D eigenvalue weighted by molar-refractivity contribution is 7.26. The lowest BCUT2D eigenvalue weighted by molar-refractivity contribution is 1.14. The highest BCUT2D eigenvalue weighted by Crippen LogP contribution is 2.50. The molecule has 330 valence electrons. The second-order valence-corrected chi connectivity index (χ2v) is 19.4. The molecule has 12 aromatic rings. The minimum Gasteiger partial charge on any atom is -0.310 e. The Balaban J connectivity index is 1.06. The van der Waals surface area contributed by atoms with E-state index in [9.17, 15) is 0 Å². The van der Waals surface area contributed by atoms with Crippen molar-refractivity contribution in [1.82, 2.24) is 0 Å². The summed E-state index contributed by atoms with van der Waals surface area (Å²) in [6, 6.07) is 96.6. The fourth-order valence-electron chi connectivity index (χ4n) is 11.0. The van der Waals surface area contributed by atoms with Crippen LogP contribution < -0.4 is 4.90 Å². The van der Waals surface area contributed by atoms with E-state index in [-0.39, 0.29) is 0 Å². The van der Waals surface area contributed by atoms with Gasteiger partial charge in [-0.15, -0.1) is 11.3 Å². The summed E-state index contributed by atoms with van der Waals surface area (Å²) < 4.78 is 2.63. The third kappa shape index (κ3) is 7.42. The average Bonchev–Trinajstić information content (AvgIpc) is 3.81. The van der Waals surface area contributed by atoms with E-state index in [0.717, 1.165) is 29.9 Å². The Bertz CT molecular complexity index is 3880. The Kier molecular flexibility index (Phi) is 10.6. The minimum atomic E-state index is 0.779. The molecule has 0 aliphatic heterocycles. The first-order valence-corrected chi connectivity index (χ1v) is 25.1. The molecule has 13 rings (SSSR count). The summed E-state index contributed by atoms with van der Waals surface area (Å²) in [5.74, 6) is 0. The van der Waals surface area contributed by atoms with Gasteiger partial charge in [-0.25, -0.2) is 0 Å². The second kappa shape index (κ2) is 17.8. The Morgan fingerprint density at radius 2 is 0.743 bits per heavy atom. The molecule has 1 heterocycles. The minimum absolute atomic E-state index is 0.779. The number of hydrogen-bond acceptors (Lipinski definition) is 2. The van der Waals surface area contributed by atoms with Crippen LogP contribution in [0.25, 0.3) is 86.9 Å². The third-order valence-corrected chi connectivity index (χ3v) is 15.5. The van der Waals surface area contributed by atoms with Crippen LogP contribution in [-0.4, -0.2) is 0 Å². The normalized spacial score (nSPS) is 11.9. The van der Waals surface area contributed by atoms with Crippen molar-refractivity contribution >= 4 is 48.6 Å². The molecule has 1 aromatic heterocycles. The van der Waals surface area contributed by atoms with Gasteiger partial charge in [-0.1, -0.05) is 224 Å². The van der Waals surface area contributed by atoms with Crippen LogP contribution in [0, 0.1) is 0 Å². The molecule has 0 saturated carbocycles. The Hall–Kier alpha value is -8.56. The van der Waals surface area contributed by atoms with Crippen LogP contribution in [0.3, 0.4) is 0 Å². The number of anilines is 3. The molecule has 0 spiro atoms. The number of nitrogens with zero attached hydrogens (tertiary/aromatic N) is 1. The molecule has 0 amide bonds. The number of thiophene rings is 1. The number of fused-ring (bicyclic) bond motifs is 9. The van der Waals surface area contributed by atoms with Crippen molar-refractivity contribution in [2.45, 2.75) is 12.8 Å². The van der Waals surface area contributed by atoms with Crippen LogP contribution in [0.15, 0.2) is 261 Å². The van der Waals surface area contributed by atoms with Crippen LogP contribution in [0.4, 0.5) is 17.1 Å². The van der Waals surface area contributed by atoms with E-state index in [0.29, 0.717) is 0 Å². The first-order valence-electron chi connectivity index (χ1n) is 24.2. The summed E-state index contributed by atoms with van der Waals surface area (Å²) in [6.45, 7) is 0. The summed E-state index contributed by atoms with van der Waals surface area (Å²) in [4.78, 5) is 2.51. The molecule has 0 saturated heterocycles. The number of hydrogen-bond donors (Lipinski definition) is 0. The molecule has 70 heavy (non-hydrogen) atoms. The van der Waals surface area contributed by atoms with Crippen LogP contribution >= 0.6 is 11.3 Å². The highest BCUT2D eigenvalue weighted by Gasteiger charge is 2.25. The maximum atomic E-state index is 2.51. The van der Waals surface area contributed by atoms with Gasteiger partial charge in [0.25, 0.3) is 0 Å². The van der Waals surface area contributed by atoms with Gasteiger partial charge in [0.15, 0.2) is 0 Å². The summed E-state index contributed by atoms with van der Waals surface area (Å²) in [5, 5.41) is 2.62. The maximum Gasteiger partial charge on any atom is 0.0546 e. The molecule has 1 aliphatic rings. The average molecular weight is 910 g/mol. The standard InChI is InChI=1S/C68H47NS/c1-3-19-46(20-4-1)55-26-13-14-31-63(55)67-60(47-21-5-2-6-22-47)32-18-35-65(67)69(53-39-37-48(38-40-53)61-33-17-34-64-62-30-15-16-36-66(62)70-68(61)64)54-41-42-59-52(45-54)44-51-25-9-11-28-57(51)56-27-10-7-23-49(56)43-50-24-8-12-29-58(50)59/h1-42,45H,43-44H2. The largest absolute Gasteiger partial charge is 0.310 e. The molecule has 2 heteroatoms. The monoisotopic (exact) mass is 909 g/mol. The molecule has 1 aliphatic carbocycles. The van der Waals surface area contributed by atoms with Gasteiger partial charge >= 0.3 is 0 Å². The summed E-state index contributed by atoms with van der Waals surface area (Å²) in [5.41, 5.74) is 23.3. The van der Waals surface area contributed by atoms with Crippen molar-refractivity contribution < 1.29 is 0 Å². The number of rotatable bonds is 7. The van der Waals surface area contributed by atoms with Crippen LogP contribution in [0.2, 0.25) is 0 Å². The van der Waals surface area contributed by atoms with E-state index in [1.165, 1.54) is 109 Å². The van der Waals surface area contributed by atoms with E-state index in [1.54, 1.807) is 0 Å². The fourth-order valence-corrected chi connectivity index (χ4v) is 12.2. The first kappa shape index (κ1) is 41.6. The summed E-state index contributed by atoms with van der Waals surface area (Å²) in [7, 11) is 0. The zero-order chi connectivity index (χ0) is 46.4. The van der Waals surface area contributed by atoms with E-state index >= 15 is 0 Å². The Morgan fingerprint density at radius 3 is 1.41 bits per heavy atom. The zero-order valence-corrected chi connectivity index (χ0v) is 39.4. The molecule has 11 aromatic carbocycles. The molecule has 0 unspecified atom stereocenters. The van der Waals surface area contributed by atoms with Crippen LogP contribution in [-0.2, 0) is 12.8 Å². The van der Waals surface area contributed by atoms with Gasteiger partial charge in [0, 0.05) is 37.1 Å². The Morgan fingerprint density at radius 1 is 0.286 bits per heavy atom. The smallest absolute Gasteiger partial charge is 0.0546 e. The predicted molar refractivity (Wildman–Crippen MR) is 299 cm³/mol. The topological polar surface area (TPSA) is 3.24 Å². The predicted octanol–water partition coefficient (Wildman–Crippen LogP) is 19.0. The lowest BCUT2D eigenvalue weighted by Gasteiger charge is -2.31. The van der Waals surface area contributed by atoms with Gasteiger partial charge in [0.2, 0.25) is 0 Å². The van der Waals surface area contributed by atoms with Gasteiger partial charge in [-0.05, 0) is 133 Å². The van der Waals surface area contributed by atoms with Crippen LogP contribution in [0.5, 0.6) is 0 Å². The van der Waals surface area contributed by atoms with Gasteiger partial charge in [-0.3, -0.25) is 0 Å². The number of benzene rings is 11. The van der Waals surface area contributed by atoms with E-state index in [1.807, 2.05) is 11.3 Å². The summed E-state index contributed by atoms with van der Waals surface area (Å²) >= 11 is 1.88. The molecule has 0 fully saturated rings. The van der Waals surface area contributed by atoms with Gasteiger partial charge in [0.05, 0.1) is 5.69 Å². The van der Waals surface area contributed by atoms with Crippen molar-refractivity contribution in [2.75, 3.05) is 4.90 Å². The van der Waals surface area contributed by atoms with Crippen molar-refractivity contribution in [3.63, 3.8) is 0 Å². The van der Waals surface area contributed by atoms with E-state index in [2.05, 4.69) is 266 Å². The van der Waals surface area contributed by atoms with Gasteiger partial charge in [-0.2, -0.15) is 0 Å². The van der Waals surface area contributed by atoms with Gasteiger partial charge < -0.3 is 4.90 Å². The first-order chi connectivity index (χ1) is 34.7. The Labute approximate surface area is 413 Å². The summed E-state index contributed by atoms with van der Waals surface area (Å²) in [6.07, 6.45) is 1.63. The quantitative estimate of drug-likeness (QED) is 0.154. The highest BCUT2D eigenvalue weighted by atomic mass is 32.1. The lowest BCUT2D eigenvalue weighted by Crippen LogP contribution is -2.13. The molecular weight excluding hydrogens is 863 g/mol. The molecule has 0 atom stereocenters. The van der Waals surface area contributed by atoms with Gasteiger partial charge in [0.1, 0.15) is 0 Å².